The van der Waals surface area contributed by atoms with Gasteiger partial charge in [-0.3, -0.25) is 0 Å². The molecule has 15 heavy (non-hydrogen) atoms. The lowest BCUT2D eigenvalue weighted by Crippen LogP contribution is -2.11. The van der Waals surface area contributed by atoms with E-state index in [2.05, 4.69) is 50.9 Å². The quantitative estimate of drug-likeness (QED) is 0.726. The van der Waals surface area contributed by atoms with Gasteiger partial charge in [-0.15, -0.1) is 0 Å². The van der Waals surface area contributed by atoms with Crippen molar-refractivity contribution in [2.24, 2.45) is 0 Å². The first-order valence-corrected chi connectivity index (χ1v) is 5.64. The van der Waals surface area contributed by atoms with Crippen LogP contribution in [0.4, 0.5) is 0 Å². The van der Waals surface area contributed by atoms with Crippen LogP contribution in [-0.2, 0) is 0 Å². The fourth-order valence-electron chi connectivity index (χ4n) is 1.56. The second kappa shape index (κ2) is 5.59. The molecule has 1 aliphatic carbocycles. The molecule has 0 radical (unpaired) electrons. The zero-order valence-electron chi connectivity index (χ0n) is 10.1. The van der Waals surface area contributed by atoms with E-state index < -0.39 is 0 Å². The molecular formula is C14H21N. The fraction of sp³-hybridized carbons (Fsp3) is 0.429. The van der Waals surface area contributed by atoms with Gasteiger partial charge in [-0.1, -0.05) is 31.7 Å². The second-order valence-electron chi connectivity index (χ2n) is 3.97. The minimum Gasteiger partial charge on any atom is -0.363 e. The number of hydrogen-bond donors (Lipinski definition) is 1. The summed E-state index contributed by atoms with van der Waals surface area (Å²) < 4.78 is 0. The molecule has 0 aromatic rings. The summed E-state index contributed by atoms with van der Waals surface area (Å²) in [7, 11) is 0. The maximum atomic E-state index is 3.96. The van der Waals surface area contributed by atoms with Crippen molar-refractivity contribution in [3.63, 3.8) is 0 Å². The van der Waals surface area contributed by atoms with Crippen LogP contribution in [0.2, 0.25) is 0 Å². The standard InChI is InChI=1S/C14H21N/c1-5-11(2)15-13(4)12(3)14-9-7-6-8-10-14/h7,9-10,15H,2,5-6,8H2,1,3-4H3/b13-12+. The van der Waals surface area contributed by atoms with Gasteiger partial charge in [0.1, 0.15) is 0 Å². The van der Waals surface area contributed by atoms with Gasteiger partial charge in [0.2, 0.25) is 0 Å². The van der Waals surface area contributed by atoms with Gasteiger partial charge in [0, 0.05) is 11.4 Å². The van der Waals surface area contributed by atoms with Crippen LogP contribution in [0.5, 0.6) is 0 Å². The summed E-state index contributed by atoms with van der Waals surface area (Å²) in [5, 5.41) is 3.34. The van der Waals surface area contributed by atoms with Crippen molar-refractivity contribution in [2.45, 2.75) is 40.0 Å². The van der Waals surface area contributed by atoms with Crippen LogP contribution in [0, 0.1) is 0 Å². The average molecular weight is 203 g/mol. The summed E-state index contributed by atoms with van der Waals surface area (Å²) in [6.45, 7) is 10.3. The van der Waals surface area contributed by atoms with Crippen LogP contribution in [0.1, 0.15) is 40.0 Å². The summed E-state index contributed by atoms with van der Waals surface area (Å²) in [5.74, 6) is 0. The number of rotatable bonds is 4. The third-order valence-corrected chi connectivity index (χ3v) is 2.78. The topological polar surface area (TPSA) is 12.0 Å². The minimum absolute atomic E-state index is 0.972. The lowest BCUT2D eigenvalue weighted by atomic mass is 9.99. The van der Waals surface area contributed by atoms with E-state index in [9.17, 15) is 0 Å². The maximum absolute atomic E-state index is 3.96. The Labute approximate surface area is 93.3 Å². The molecule has 0 heterocycles. The Balaban J connectivity index is 2.75. The fourth-order valence-corrected chi connectivity index (χ4v) is 1.56. The minimum atomic E-state index is 0.972. The van der Waals surface area contributed by atoms with Crippen LogP contribution in [0.15, 0.2) is 47.3 Å². The Morgan fingerprint density at radius 3 is 2.67 bits per heavy atom. The van der Waals surface area contributed by atoms with Crippen molar-refractivity contribution < 1.29 is 0 Å². The molecule has 1 N–H and O–H groups in total. The van der Waals surface area contributed by atoms with Crippen LogP contribution in [-0.4, -0.2) is 0 Å². The van der Waals surface area contributed by atoms with E-state index in [1.165, 1.54) is 23.3 Å². The molecule has 1 nitrogen and oxygen atoms in total. The zero-order valence-corrected chi connectivity index (χ0v) is 10.1. The molecule has 0 atom stereocenters. The molecule has 0 unspecified atom stereocenters. The van der Waals surface area contributed by atoms with E-state index in [0.29, 0.717) is 0 Å². The van der Waals surface area contributed by atoms with Crippen LogP contribution in [0.3, 0.4) is 0 Å². The van der Waals surface area contributed by atoms with Gasteiger partial charge in [-0.05, 0) is 44.3 Å². The van der Waals surface area contributed by atoms with E-state index in [4.69, 9.17) is 0 Å². The SMILES string of the molecule is C=C(CC)N/C(C)=C(\C)C1=CCCC=C1. The van der Waals surface area contributed by atoms with Crippen molar-refractivity contribution in [1.82, 2.24) is 5.32 Å². The van der Waals surface area contributed by atoms with Crippen LogP contribution >= 0.6 is 0 Å². The second-order valence-corrected chi connectivity index (χ2v) is 3.97. The van der Waals surface area contributed by atoms with E-state index >= 15 is 0 Å². The van der Waals surface area contributed by atoms with Gasteiger partial charge in [0.25, 0.3) is 0 Å². The lowest BCUT2D eigenvalue weighted by Gasteiger charge is -2.14. The predicted molar refractivity (Wildman–Crippen MR) is 67.4 cm³/mol. The van der Waals surface area contributed by atoms with Crippen molar-refractivity contribution >= 4 is 0 Å². The lowest BCUT2D eigenvalue weighted by molar-refractivity contribution is 0.882. The predicted octanol–water partition coefficient (Wildman–Crippen LogP) is 4.07. The average Bonchev–Trinajstić information content (AvgIpc) is 2.29. The molecule has 0 aliphatic heterocycles. The third kappa shape index (κ3) is 3.43. The largest absolute Gasteiger partial charge is 0.363 e. The Morgan fingerprint density at radius 2 is 2.13 bits per heavy atom. The van der Waals surface area contributed by atoms with Crippen molar-refractivity contribution in [3.05, 3.63) is 47.3 Å². The first-order chi connectivity index (χ1) is 7.15. The van der Waals surface area contributed by atoms with Gasteiger partial charge in [-0.25, -0.2) is 0 Å². The van der Waals surface area contributed by atoms with E-state index in [1.54, 1.807) is 0 Å². The summed E-state index contributed by atoms with van der Waals surface area (Å²) >= 11 is 0. The molecule has 1 heteroatoms. The summed E-state index contributed by atoms with van der Waals surface area (Å²) in [5.41, 5.74) is 4.95. The molecule has 1 rings (SSSR count). The Kier molecular flexibility index (Phi) is 4.41. The molecule has 0 aromatic carbocycles. The Hall–Kier alpha value is -1.24. The molecule has 0 bridgehead atoms. The Morgan fingerprint density at radius 1 is 1.40 bits per heavy atom. The van der Waals surface area contributed by atoms with Gasteiger partial charge >= 0.3 is 0 Å². The molecular weight excluding hydrogens is 182 g/mol. The molecule has 0 aromatic heterocycles. The summed E-state index contributed by atoms with van der Waals surface area (Å²) in [6.07, 6.45) is 10.0. The number of nitrogens with one attached hydrogen (secondary N) is 1. The highest BCUT2D eigenvalue weighted by atomic mass is 14.9. The number of allylic oxidation sites excluding steroid dienone is 7. The number of hydrogen-bond acceptors (Lipinski definition) is 1. The third-order valence-electron chi connectivity index (χ3n) is 2.78. The maximum Gasteiger partial charge on any atom is 0.0152 e. The molecule has 1 aliphatic rings. The molecule has 0 spiro atoms. The zero-order chi connectivity index (χ0) is 11.3. The molecule has 0 saturated carbocycles. The van der Waals surface area contributed by atoms with Crippen LogP contribution < -0.4 is 5.32 Å². The van der Waals surface area contributed by atoms with Gasteiger partial charge in [-0.2, -0.15) is 0 Å². The molecule has 0 fully saturated rings. The highest BCUT2D eigenvalue weighted by molar-refractivity contribution is 5.42. The Bertz CT molecular complexity index is 329. The van der Waals surface area contributed by atoms with Crippen molar-refractivity contribution in [3.8, 4) is 0 Å². The van der Waals surface area contributed by atoms with Crippen molar-refractivity contribution in [1.29, 1.82) is 0 Å². The monoisotopic (exact) mass is 203 g/mol. The summed E-state index contributed by atoms with van der Waals surface area (Å²) in [4.78, 5) is 0. The first kappa shape index (κ1) is 11.8. The summed E-state index contributed by atoms with van der Waals surface area (Å²) in [6, 6.07) is 0. The molecule has 0 saturated heterocycles. The van der Waals surface area contributed by atoms with E-state index in [1.807, 2.05) is 0 Å². The van der Waals surface area contributed by atoms with E-state index in [-0.39, 0.29) is 0 Å². The molecule has 0 amide bonds. The van der Waals surface area contributed by atoms with Gasteiger partial charge in [0.15, 0.2) is 0 Å². The van der Waals surface area contributed by atoms with Crippen LogP contribution in [0.25, 0.3) is 0 Å². The highest BCUT2D eigenvalue weighted by Crippen LogP contribution is 2.20. The normalized spacial score (nSPS) is 16.9. The van der Waals surface area contributed by atoms with Gasteiger partial charge in [0.05, 0.1) is 0 Å². The molecule has 82 valence electrons. The van der Waals surface area contributed by atoms with Gasteiger partial charge < -0.3 is 5.32 Å². The smallest absolute Gasteiger partial charge is 0.0152 e. The van der Waals surface area contributed by atoms with E-state index in [0.717, 1.165) is 18.5 Å². The first-order valence-electron chi connectivity index (χ1n) is 5.64. The highest BCUT2D eigenvalue weighted by Gasteiger charge is 2.03. The van der Waals surface area contributed by atoms with Crippen molar-refractivity contribution in [2.75, 3.05) is 0 Å².